The number of rotatable bonds is 2. The Kier molecular flexibility index (Phi) is 4.98. The summed E-state index contributed by atoms with van der Waals surface area (Å²) in [6.45, 7) is 0. The predicted molar refractivity (Wildman–Crippen MR) is 85.2 cm³/mol. The van der Waals surface area contributed by atoms with Crippen molar-refractivity contribution in [2.45, 2.75) is 88.9 Å². The molecule has 21 heavy (non-hydrogen) atoms. The van der Waals surface area contributed by atoms with Crippen molar-refractivity contribution < 1.29 is 0 Å². The summed E-state index contributed by atoms with van der Waals surface area (Å²) in [6, 6.07) is 1.02. The zero-order valence-corrected chi connectivity index (χ0v) is 12.9. The quantitative estimate of drug-likeness (QED) is 0.609. The summed E-state index contributed by atoms with van der Waals surface area (Å²) in [5, 5.41) is 6.79. The van der Waals surface area contributed by atoms with Gasteiger partial charge in [0, 0.05) is 12.1 Å². The number of guanidine groups is 1. The van der Waals surface area contributed by atoms with Crippen molar-refractivity contribution in [2.75, 3.05) is 0 Å². The third-order valence-corrected chi connectivity index (χ3v) is 5.05. The van der Waals surface area contributed by atoms with E-state index in [1.54, 1.807) is 0 Å². The minimum atomic E-state index is -0.397. The van der Waals surface area contributed by atoms with E-state index in [-0.39, 0.29) is 6.29 Å². The molecule has 0 saturated heterocycles. The van der Waals surface area contributed by atoms with E-state index in [0.717, 1.165) is 5.96 Å². The van der Waals surface area contributed by atoms with Gasteiger partial charge in [0.15, 0.2) is 12.2 Å². The van der Waals surface area contributed by atoms with Gasteiger partial charge in [0.25, 0.3) is 0 Å². The molecule has 0 bridgehead atoms. The summed E-state index contributed by atoms with van der Waals surface area (Å²) in [7, 11) is 0. The van der Waals surface area contributed by atoms with Crippen molar-refractivity contribution in [3.63, 3.8) is 0 Å². The van der Waals surface area contributed by atoms with Gasteiger partial charge in [-0.3, -0.25) is 16.8 Å². The molecule has 2 aliphatic carbocycles. The molecule has 1 heterocycles. The Bertz CT molecular complexity index is 359. The van der Waals surface area contributed by atoms with E-state index in [4.69, 9.17) is 11.5 Å². The fraction of sp³-hybridized carbons (Fsp3) is 0.933. The van der Waals surface area contributed by atoms with Crippen LogP contribution < -0.4 is 22.1 Å². The van der Waals surface area contributed by atoms with Gasteiger partial charge in [-0.25, -0.2) is 4.99 Å². The predicted octanol–water partition coefficient (Wildman–Crippen LogP) is 0.987. The molecule has 2 atom stereocenters. The van der Waals surface area contributed by atoms with Crippen LogP contribution in [0.1, 0.15) is 64.2 Å². The van der Waals surface area contributed by atoms with Gasteiger partial charge < -0.3 is 10.2 Å². The molecule has 3 aliphatic rings. The molecule has 2 unspecified atom stereocenters. The average molecular weight is 294 g/mol. The summed E-state index contributed by atoms with van der Waals surface area (Å²) < 4.78 is 0. The first-order valence-electron chi connectivity index (χ1n) is 8.64. The molecule has 2 fully saturated rings. The van der Waals surface area contributed by atoms with E-state index in [0.29, 0.717) is 12.1 Å². The summed E-state index contributed by atoms with van der Waals surface area (Å²) in [5.74, 6) is 0.924. The van der Waals surface area contributed by atoms with Crippen LogP contribution >= 0.6 is 0 Å². The molecule has 2 saturated carbocycles. The van der Waals surface area contributed by atoms with Crippen molar-refractivity contribution >= 4 is 5.96 Å². The highest BCUT2D eigenvalue weighted by atomic mass is 15.5. The fourth-order valence-electron chi connectivity index (χ4n) is 3.92. The Morgan fingerprint density at radius 3 is 2.24 bits per heavy atom. The van der Waals surface area contributed by atoms with Crippen molar-refractivity contribution in [1.29, 1.82) is 0 Å². The molecule has 0 radical (unpaired) electrons. The van der Waals surface area contributed by atoms with E-state index in [1.165, 1.54) is 64.2 Å². The van der Waals surface area contributed by atoms with Gasteiger partial charge in [-0.1, -0.05) is 38.5 Å². The summed E-state index contributed by atoms with van der Waals surface area (Å²) in [4.78, 5) is 6.85. The number of hydrogen-bond acceptors (Lipinski definition) is 6. The van der Waals surface area contributed by atoms with Gasteiger partial charge in [0.1, 0.15) is 6.29 Å². The molecule has 0 aromatic rings. The molecule has 6 heteroatoms. The average Bonchev–Trinajstić information content (AvgIpc) is 2.48. The van der Waals surface area contributed by atoms with Gasteiger partial charge in [0.2, 0.25) is 0 Å². The monoisotopic (exact) mass is 294 g/mol. The maximum Gasteiger partial charge on any atom is 0.199 e. The topological polar surface area (TPSA) is 91.7 Å². The maximum atomic E-state index is 6.31. The lowest BCUT2D eigenvalue weighted by Crippen LogP contribution is -2.68. The summed E-state index contributed by atoms with van der Waals surface area (Å²) in [5.41, 5.74) is 12.3. The lowest BCUT2D eigenvalue weighted by molar-refractivity contribution is 0.135. The van der Waals surface area contributed by atoms with Crippen LogP contribution in [0.25, 0.3) is 0 Å². The molecule has 0 amide bonds. The molecular formula is C15H30N6. The number of nitrogens with zero attached hydrogens (tertiary/aromatic N) is 2. The lowest BCUT2D eigenvalue weighted by atomic mass is 9.93. The minimum Gasteiger partial charge on any atom is -0.353 e. The van der Waals surface area contributed by atoms with Crippen molar-refractivity contribution in [3.05, 3.63) is 0 Å². The van der Waals surface area contributed by atoms with Gasteiger partial charge in [-0.15, -0.1) is 0 Å². The molecule has 1 aliphatic heterocycles. The second-order valence-electron chi connectivity index (χ2n) is 6.69. The van der Waals surface area contributed by atoms with Crippen LogP contribution in [0.3, 0.4) is 0 Å². The van der Waals surface area contributed by atoms with Crippen molar-refractivity contribution in [1.82, 2.24) is 15.5 Å². The summed E-state index contributed by atoms with van der Waals surface area (Å²) in [6.07, 6.45) is 12.1. The van der Waals surface area contributed by atoms with Crippen LogP contribution in [0.2, 0.25) is 0 Å². The van der Waals surface area contributed by atoms with Gasteiger partial charge >= 0.3 is 0 Å². The maximum absolute atomic E-state index is 6.31. The molecule has 0 spiro atoms. The van der Waals surface area contributed by atoms with Crippen LogP contribution in [0.15, 0.2) is 4.99 Å². The van der Waals surface area contributed by atoms with Crippen molar-refractivity contribution in [3.8, 4) is 0 Å². The Morgan fingerprint density at radius 1 is 0.952 bits per heavy atom. The number of nitrogens with two attached hydrogens (primary N) is 2. The SMILES string of the molecule is NC1N=C(NC2CCCCC2)N(C2CCCCC2)C(N)N1. The second kappa shape index (κ2) is 6.94. The van der Waals surface area contributed by atoms with Crippen LogP contribution in [-0.2, 0) is 0 Å². The Hall–Kier alpha value is -0.850. The third-order valence-electron chi connectivity index (χ3n) is 5.05. The Labute approximate surface area is 127 Å². The van der Waals surface area contributed by atoms with Crippen LogP contribution in [0.4, 0.5) is 0 Å². The Morgan fingerprint density at radius 2 is 1.57 bits per heavy atom. The highest BCUT2D eigenvalue weighted by Crippen LogP contribution is 2.25. The van der Waals surface area contributed by atoms with Crippen LogP contribution in [0, 0.1) is 0 Å². The zero-order valence-electron chi connectivity index (χ0n) is 12.9. The fourth-order valence-corrected chi connectivity index (χ4v) is 3.92. The normalized spacial score (nSPS) is 32.9. The first kappa shape index (κ1) is 15.1. The van der Waals surface area contributed by atoms with Crippen LogP contribution in [-0.4, -0.2) is 35.5 Å². The molecule has 3 rings (SSSR count). The molecule has 0 aromatic carbocycles. The zero-order chi connectivity index (χ0) is 14.7. The molecule has 6 N–H and O–H groups in total. The highest BCUT2D eigenvalue weighted by Gasteiger charge is 2.33. The van der Waals surface area contributed by atoms with E-state index in [9.17, 15) is 0 Å². The van der Waals surface area contributed by atoms with Gasteiger partial charge in [-0.2, -0.15) is 0 Å². The van der Waals surface area contributed by atoms with E-state index in [1.807, 2.05) is 0 Å². The van der Waals surface area contributed by atoms with Gasteiger partial charge in [-0.05, 0) is 25.7 Å². The second-order valence-corrected chi connectivity index (χ2v) is 6.69. The highest BCUT2D eigenvalue weighted by molar-refractivity contribution is 5.81. The molecular weight excluding hydrogens is 264 g/mol. The number of hydrogen-bond donors (Lipinski definition) is 4. The molecule has 6 nitrogen and oxygen atoms in total. The lowest BCUT2D eigenvalue weighted by Gasteiger charge is -2.45. The third kappa shape index (κ3) is 3.67. The molecule has 0 aromatic heterocycles. The standard InChI is InChI=1S/C15H30N6/c16-13-19-14(17)21(12-9-5-2-6-10-12)15(20-13)18-11-7-3-1-4-8-11/h11-14,19H,1-10,16-17H2,(H,18,20). The number of aliphatic imine (C=N–C) groups is 1. The first-order valence-corrected chi connectivity index (χ1v) is 8.64. The smallest absolute Gasteiger partial charge is 0.199 e. The largest absolute Gasteiger partial charge is 0.353 e. The van der Waals surface area contributed by atoms with Crippen LogP contribution in [0.5, 0.6) is 0 Å². The van der Waals surface area contributed by atoms with Gasteiger partial charge in [0.05, 0.1) is 0 Å². The first-order chi connectivity index (χ1) is 10.2. The van der Waals surface area contributed by atoms with E-state index >= 15 is 0 Å². The minimum absolute atomic E-state index is 0.230. The Balaban J connectivity index is 1.71. The number of nitrogens with one attached hydrogen (secondary N) is 2. The van der Waals surface area contributed by atoms with Crippen molar-refractivity contribution in [2.24, 2.45) is 16.5 Å². The summed E-state index contributed by atoms with van der Waals surface area (Å²) >= 11 is 0. The van der Waals surface area contributed by atoms with E-state index < -0.39 is 6.29 Å². The van der Waals surface area contributed by atoms with E-state index in [2.05, 4.69) is 20.5 Å². The molecule has 120 valence electrons.